The molecule has 3 atom stereocenters. The van der Waals surface area contributed by atoms with E-state index < -0.39 is 6.10 Å². The van der Waals surface area contributed by atoms with E-state index in [1.165, 1.54) is 5.56 Å². The molecule has 0 aromatic heterocycles. The lowest BCUT2D eigenvalue weighted by Crippen LogP contribution is -2.33. The Balaban J connectivity index is 1.83. The van der Waals surface area contributed by atoms with Crippen LogP contribution in [0.1, 0.15) is 50.3 Å². The van der Waals surface area contributed by atoms with Crippen LogP contribution in [0.15, 0.2) is 48.5 Å². The largest absolute Gasteiger partial charge is 0.491 e. The summed E-state index contributed by atoms with van der Waals surface area (Å²) in [5, 5.41) is 14.3. The first-order valence-electron chi connectivity index (χ1n) is 8.89. The molecule has 0 bridgehead atoms. The number of halogens is 1. The fourth-order valence-electron chi connectivity index (χ4n) is 2.67. The molecule has 136 valence electrons. The second kappa shape index (κ2) is 9.81. The van der Waals surface area contributed by atoms with E-state index in [4.69, 9.17) is 16.3 Å². The molecule has 3 unspecified atom stereocenters. The maximum absolute atomic E-state index is 10.2. The Labute approximate surface area is 156 Å². The van der Waals surface area contributed by atoms with Crippen LogP contribution in [-0.2, 0) is 0 Å². The minimum Gasteiger partial charge on any atom is -0.491 e. The normalized spacial score (nSPS) is 14.8. The molecule has 0 aliphatic carbocycles. The fraction of sp³-hybridized carbons (Fsp3) is 0.429. The first kappa shape index (κ1) is 19.8. The average Bonchev–Trinajstić information content (AvgIpc) is 2.64. The molecule has 25 heavy (non-hydrogen) atoms. The fourth-order valence-corrected chi connectivity index (χ4v) is 2.79. The maximum atomic E-state index is 10.2. The quantitative estimate of drug-likeness (QED) is 0.664. The molecular weight excluding hydrogens is 334 g/mol. The summed E-state index contributed by atoms with van der Waals surface area (Å²) in [7, 11) is 0. The Bertz CT molecular complexity index is 645. The van der Waals surface area contributed by atoms with Gasteiger partial charge in [-0.2, -0.15) is 0 Å². The number of rotatable bonds is 9. The minimum atomic E-state index is -0.570. The third kappa shape index (κ3) is 6.03. The summed E-state index contributed by atoms with van der Waals surface area (Å²) >= 11 is 5.91. The molecule has 0 aliphatic rings. The smallest absolute Gasteiger partial charge is 0.122 e. The summed E-state index contributed by atoms with van der Waals surface area (Å²) in [6, 6.07) is 15.9. The second-order valence-electron chi connectivity index (χ2n) is 6.49. The van der Waals surface area contributed by atoms with Crippen LogP contribution in [-0.4, -0.2) is 24.4 Å². The van der Waals surface area contributed by atoms with Crippen molar-refractivity contribution in [2.24, 2.45) is 0 Å². The van der Waals surface area contributed by atoms with Gasteiger partial charge in [0, 0.05) is 17.6 Å². The van der Waals surface area contributed by atoms with Crippen molar-refractivity contribution in [3.63, 3.8) is 0 Å². The molecule has 2 aromatic carbocycles. The highest BCUT2D eigenvalue weighted by molar-refractivity contribution is 6.30. The van der Waals surface area contributed by atoms with Gasteiger partial charge in [-0.1, -0.05) is 55.8 Å². The Hall–Kier alpha value is -1.55. The van der Waals surface area contributed by atoms with Gasteiger partial charge in [0.05, 0.1) is 0 Å². The first-order chi connectivity index (χ1) is 12.0. The van der Waals surface area contributed by atoms with Gasteiger partial charge in [0.25, 0.3) is 0 Å². The molecule has 0 spiro atoms. The zero-order valence-corrected chi connectivity index (χ0v) is 16.0. The summed E-state index contributed by atoms with van der Waals surface area (Å²) in [6.45, 7) is 7.16. The van der Waals surface area contributed by atoms with E-state index in [0.717, 1.165) is 22.8 Å². The van der Waals surface area contributed by atoms with Crippen molar-refractivity contribution in [3.05, 3.63) is 64.7 Å². The third-order valence-corrected chi connectivity index (χ3v) is 4.78. The molecule has 0 saturated heterocycles. The third-order valence-electron chi connectivity index (χ3n) is 4.52. The molecule has 2 N–H and O–H groups in total. The maximum Gasteiger partial charge on any atom is 0.122 e. The Morgan fingerprint density at radius 1 is 1.08 bits per heavy atom. The van der Waals surface area contributed by atoms with Crippen LogP contribution in [0.4, 0.5) is 0 Å². The van der Waals surface area contributed by atoms with Gasteiger partial charge in [0.1, 0.15) is 18.5 Å². The van der Waals surface area contributed by atoms with Crippen molar-refractivity contribution in [3.8, 4) is 5.75 Å². The summed E-state index contributed by atoms with van der Waals surface area (Å²) in [5.41, 5.74) is 2.33. The number of para-hydroxylation sites is 1. The first-order valence-corrected chi connectivity index (χ1v) is 9.27. The number of nitrogens with one attached hydrogen (secondary N) is 1. The van der Waals surface area contributed by atoms with Crippen molar-refractivity contribution >= 4 is 11.6 Å². The number of hydrogen-bond donors (Lipinski definition) is 2. The van der Waals surface area contributed by atoms with Crippen molar-refractivity contribution in [1.82, 2.24) is 5.32 Å². The van der Waals surface area contributed by atoms with E-state index in [2.05, 4.69) is 32.2 Å². The van der Waals surface area contributed by atoms with Gasteiger partial charge in [-0.3, -0.25) is 0 Å². The molecule has 0 fully saturated rings. The zero-order valence-electron chi connectivity index (χ0n) is 15.2. The van der Waals surface area contributed by atoms with Gasteiger partial charge < -0.3 is 15.2 Å². The van der Waals surface area contributed by atoms with Crippen LogP contribution in [0.3, 0.4) is 0 Å². The monoisotopic (exact) mass is 361 g/mol. The zero-order chi connectivity index (χ0) is 18.2. The Kier molecular flexibility index (Phi) is 7.76. The molecular formula is C21H28ClNO2. The molecule has 2 rings (SSSR count). The second-order valence-corrected chi connectivity index (χ2v) is 6.93. The van der Waals surface area contributed by atoms with Gasteiger partial charge >= 0.3 is 0 Å². The summed E-state index contributed by atoms with van der Waals surface area (Å²) in [5.74, 6) is 1.30. The average molecular weight is 362 g/mol. The molecule has 0 aliphatic heterocycles. The van der Waals surface area contributed by atoms with Crippen LogP contribution in [0.25, 0.3) is 0 Å². The summed E-state index contributed by atoms with van der Waals surface area (Å²) in [6.07, 6.45) is 0.489. The van der Waals surface area contributed by atoms with Gasteiger partial charge in [0.15, 0.2) is 0 Å². The Morgan fingerprint density at radius 2 is 1.76 bits per heavy atom. The van der Waals surface area contributed by atoms with Crippen LogP contribution < -0.4 is 10.1 Å². The van der Waals surface area contributed by atoms with E-state index in [1.807, 2.05) is 42.5 Å². The number of aliphatic hydroxyl groups is 1. The van der Waals surface area contributed by atoms with E-state index in [-0.39, 0.29) is 12.6 Å². The highest BCUT2D eigenvalue weighted by Gasteiger charge is 2.13. The molecule has 4 heteroatoms. The van der Waals surface area contributed by atoms with Crippen LogP contribution in [0.5, 0.6) is 5.75 Å². The molecule has 0 heterocycles. The predicted octanol–water partition coefficient (Wildman–Crippen LogP) is 4.94. The molecule has 0 saturated carbocycles. The number of benzene rings is 2. The minimum absolute atomic E-state index is 0.138. The lowest BCUT2D eigenvalue weighted by atomic mass is 9.98. The van der Waals surface area contributed by atoms with Crippen molar-refractivity contribution in [2.45, 2.75) is 45.3 Å². The van der Waals surface area contributed by atoms with Gasteiger partial charge in [0.2, 0.25) is 0 Å². The van der Waals surface area contributed by atoms with Gasteiger partial charge in [-0.25, -0.2) is 0 Å². The van der Waals surface area contributed by atoms with Crippen molar-refractivity contribution in [2.75, 3.05) is 13.2 Å². The predicted molar refractivity (Wildman–Crippen MR) is 105 cm³/mol. The van der Waals surface area contributed by atoms with Crippen LogP contribution in [0.2, 0.25) is 5.02 Å². The van der Waals surface area contributed by atoms with E-state index in [9.17, 15) is 5.11 Å². The highest BCUT2D eigenvalue weighted by Crippen LogP contribution is 2.28. The molecule has 2 aromatic rings. The lowest BCUT2D eigenvalue weighted by molar-refractivity contribution is 0.103. The molecule has 0 radical (unpaired) electrons. The topological polar surface area (TPSA) is 41.5 Å². The SMILES string of the molecule is CCC(C)c1ccccc1OCC(O)CNC(C)c1ccc(Cl)cc1. The molecule has 0 amide bonds. The van der Waals surface area contributed by atoms with E-state index in [0.29, 0.717) is 12.5 Å². The van der Waals surface area contributed by atoms with Crippen molar-refractivity contribution in [1.29, 1.82) is 0 Å². The van der Waals surface area contributed by atoms with Crippen molar-refractivity contribution < 1.29 is 9.84 Å². The summed E-state index contributed by atoms with van der Waals surface area (Å²) < 4.78 is 5.87. The van der Waals surface area contributed by atoms with Gasteiger partial charge in [-0.15, -0.1) is 0 Å². The van der Waals surface area contributed by atoms with Crippen LogP contribution >= 0.6 is 11.6 Å². The van der Waals surface area contributed by atoms with Gasteiger partial charge in [-0.05, 0) is 48.6 Å². The number of ether oxygens (including phenoxy) is 1. The lowest BCUT2D eigenvalue weighted by Gasteiger charge is -2.20. The number of hydrogen-bond acceptors (Lipinski definition) is 3. The standard InChI is InChI=1S/C21H28ClNO2/c1-4-15(2)20-7-5-6-8-21(20)25-14-19(24)13-23-16(3)17-9-11-18(22)12-10-17/h5-12,15-16,19,23-24H,4,13-14H2,1-3H3. The molecule has 3 nitrogen and oxygen atoms in total. The Morgan fingerprint density at radius 3 is 2.44 bits per heavy atom. The highest BCUT2D eigenvalue weighted by atomic mass is 35.5. The van der Waals surface area contributed by atoms with Crippen LogP contribution in [0, 0.1) is 0 Å². The van der Waals surface area contributed by atoms with E-state index in [1.54, 1.807) is 0 Å². The summed E-state index contributed by atoms with van der Waals surface area (Å²) in [4.78, 5) is 0. The van der Waals surface area contributed by atoms with E-state index >= 15 is 0 Å². The number of aliphatic hydroxyl groups excluding tert-OH is 1.